The summed E-state index contributed by atoms with van der Waals surface area (Å²) in [5.41, 5.74) is 1.30. The van der Waals surface area contributed by atoms with Gasteiger partial charge in [0.05, 0.1) is 20.6 Å². The third-order valence-corrected chi connectivity index (χ3v) is 4.82. The molecule has 7 nitrogen and oxygen atoms in total. The third kappa shape index (κ3) is 4.36. The molecule has 0 atom stereocenters. The molecule has 1 aliphatic heterocycles. The first-order valence-corrected chi connectivity index (χ1v) is 9.09. The molecule has 1 aliphatic rings. The second-order valence-electron chi connectivity index (χ2n) is 6.59. The molecule has 0 bridgehead atoms. The van der Waals surface area contributed by atoms with Gasteiger partial charge in [0, 0.05) is 31.7 Å². The van der Waals surface area contributed by atoms with Gasteiger partial charge in [-0.3, -0.25) is 9.59 Å². The van der Waals surface area contributed by atoms with Crippen LogP contribution in [0.3, 0.4) is 0 Å². The molecule has 28 heavy (non-hydrogen) atoms. The normalized spacial score (nSPS) is 13.9. The van der Waals surface area contributed by atoms with Crippen LogP contribution in [0.15, 0.2) is 42.5 Å². The first-order chi connectivity index (χ1) is 13.5. The van der Waals surface area contributed by atoms with Crippen LogP contribution in [-0.2, 0) is 11.2 Å². The van der Waals surface area contributed by atoms with Gasteiger partial charge in [0.15, 0.2) is 11.5 Å². The van der Waals surface area contributed by atoms with Crippen molar-refractivity contribution in [2.75, 3.05) is 40.4 Å². The highest BCUT2D eigenvalue weighted by atomic mass is 16.5. The number of benzene rings is 2. The van der Waals surface area contributed by atoms with E-state index in [1.165, 1.54) is 12.1 Å². The van der Waals surface area contributed by atoms with Crippen LogP contribution in [0.1, 0.15) is 15.9 Å². The number of piperazine rings is 1. The highest BCUT2D eigenvalue weighted by molar-refractivity contribution is 5.94. The number of aromatic hydroxyl groups is 1. The van der Waals surface area contributed by atoms with Gasteiger partial charge < -0.3 is 24.4 Å². The zero-order valence-electron chi connectivity index (χ0n) is 16.1. The van der Waals surface area contributed by atoms with Crippen molar-refractivity contribution in [1.29, 1.82) is 0 Å². The smallest absolute Gasteiger partial charge is 0.254 e. The van der Waals surface area contributed by atoms with E-state index in [1.807, 2.05) is 6.07 Å². The molecule has 0 spiro atoms. The fourth-order valence-corrected chi connectivity index (χ4v) is 3.26. The lowest BCUT2D eigenvalue weighted by atomic mass is 10.1. The van der Waals surface area contributed by atoms with Gasteiger partial charge in [-0.2, -0.15) is 0 Å². The molecule has 1 saturated heterocycles. The van der Waals surface area contributed by atoms with E-state index in [2.05, 4.69) is 0 Å². The number of phenols is 1. The van der Waals surface area contributed by atoms with Crippen molar-refractivity contribution in [2.45, 2.75) is 6.42 Å². The van der Waals surface area contributed by atoms with Crippen molar-refractivity contribution >= 4 is 11.8 Å². The molecule has 1 fully saturated rings. The Balaban J connectivity index is 1.57. The largest absolute Gasteiger partial charge is 0.508 e. The molecule has 0 saturated carbocycles. The minimum Gasteiger partial charge on any atom is -0.508 e. The lowest BCUT2D eigenvalue weighted by Gasteiger charge is -2.35. The monoisotopic (exact) mass is 384 g/mol. The molecule has 7 heteroatoms. The Morgan fingerprint density at radius 3 is 2.25 bits per heavy atom. The first-order valence-electron chi connectivity index (χ1n) is 9.09. The van der Waals surface area contributed by atoms with E-state index in [1.54, 1.807) is 48.3 Å². The Labute approximate surface area is 164 Å². The zero-order valence-corrected chi connectivity index (χ0v) is 16.1. The number of carbonyl (C=O) groups excluding carboxylic acids is 2. The van der Waals surface area contributed by atoms with Gasteiger partial charge in [0.25, 0.3) is 5.91 Å². The Hall–Kier alpha value is -3.22. The van der Waals surface area contributed by atoms with E-state index < -0.39 is 0 Å². The second-order valence-corrected chi connectivity index (χ2v) is 6.59. The van der Waals surface area contributed by atoms with Gasteiger partial charge in [-0.25, -0.2) is 0 Å². The maximum atomic E-state index is 12.6. The summed E-state index contributed by atoms with van der Waals surface area (Å²) in [5, 5.41) is 9.55. The molecule has 148 valence electrons. The van der Waals surface area contributed by atoms with Gasteiger partial charge in [-0.1, -0.05) is 12.1 Å². The SMILES string of the molecule is COc1ccc(CC(=O)N2CCN(C(=O)c3cccc(O)c3)CC2)cc1OC. The van der Waals surface area contributed by atoms with Crippen LogP contribution in [0.4, 0.5) is 0 Å². The number of carbonyl (C=O) groups is 2. The van der Waals surface area contributed by atoms with E-state index in [0.717, 1.165) is 5.56 Å². The van der Waals surface area contributed by atoms with Gasteiger partial charge in [-0.15, -0.1) is 0 Å². The van der Waals surface area contributed by atoms with E-state index >= 15 is 0 Å². The minimum absolute atomic E-state index is 0.0108. The maximum absolute atomic E-state index is 12.6. The molecule has 3 rings (SSSR count). The summed E-state index contributed by atoms with van der Waals surface area (Å²) >= 11 is 0. The number of methoxy groups -OCH3 is 2. The highest BCUT2D eigenvalue weighted by Gasteiger charge is 2.25. The predicted molar refractivity (Wildman–Crippen MR) is 104 cm³/mol. The second kappa shape index (κ2) is 8.65. The molecule has 2 aromatic carbocycles. The molecular formula is C21H24N2O5. The molecule has 2 aromatic rings. The number of hydrogen-bond donors (Lipinski definition) is 1. The molecular weight excluding hydrogens is 360 g/mol. The summed E-state index contributed by atoms with van der Waals surface area (Å²) in [6, 6.07) is 11.7. The lowest BCUT2D eigenvalue weighted by molar-refractivity contribution is -0.131. The quantitative estimate of drug-likeness (QED) is 0.852. The van der Waals surface area contributed by atoms with Crippen molar-refractivity contribution in [2.24, 2.45) is 0 Å². The molecule has 2 amide bonds. The van der Waals surface area contributed by atoms with E-state index in [4.69, 9.17) is 9.47 Å². The number of nitrogens with zero attached hydrogens (tertiary/aromatic N) is 2. The van der Waals surface area contributed by atoms with Crippen LogP contribution in [0.25, 0.3) is 0 Å². The Bertz CT molecular complexity index is 860. The topological polar surface area (TPSA) is 79.3 Å². The van der Waals surface area contributed by atoms with Gasteiger partial charge >= 0.3 is 0 Å². The lowest BCUT2D eigenvalue weighted by Crippen LogP contribution is -2.51. The van der Waals surface area contributed by atoms with Crippen molar-refractivity contribution in [3.8, 4) is 17.2 Å². The number of rotatable bonds is 5. The third-order valence-electron chi connectivity index (χ3n) is 4.82. The highest BCUT2D eigenvalue weighted by Crippen LogP contribution is 2.28. The van der Waals surface area contributed by atoms with Crippen molar-refractivity contribution in [3.05, 3.63) is 53.6 Å². The Kier molecular flexibility index (Phi) is 6.03. The average molecular weight is 384 g/mol. The first kappa shape index (κ1) is 19.5. The number of hydrogen-bond acceptors (Lipinski definition) is 5. The molecule has 1 N–H and O–H groups in total. The fraction of sp³-hybridized carbons (Fsp3) is 0.333. The van der Waals surface area contributed by atoms with Gasteiger partial charge in [0.2, 0.25) is 5.91 Å². The van der Waals surface area contributed by atoms with Crippen LogP contribution in [-0.4, -0.2) is 67.1 Å². The maximum Gasteiger partial charge on any atom is 0.254 e. The number of amides is 2. The molecule has 0 radical (unpaired) electrons. The molecule has 0 unspecified atom stereocenters. The van der Waals surface area contributed by atoms with Crippen molar-refractivity contribution < 1.29 is 24.2 Å². The summed E-state index contributed by atoms with van der Waals surface area (Å²) in [6.07, 6.45) is 0.265. The van der Waals surface area contributed by atoms with Crippen LogP contribution < -0.4 is 9.47 Å². The number of phenolic OH excluding ortho intramolecular Hbond substituents is 1. The fourth-order valence-electron chi connectivity index (χ4n) is 3.26. The van der Waals surface area contributed by atoms with Crippen LogP contribution in [0.5, 0.6) is 17.2 Å². The van der Waals surface area contributed by atoms with Gasteiger partial charge in [0.1, 0.15) is 5.75 Å². The summed E-state index contributed by atoms with van der Waals surface area (Å²) in [5.74, 6) is 1.15. The summed E-state index contributed by atoms with van der Waals surface area (Å²) in [7, 11) is 3.13. The van der Waals surface area contributed by atoms with Gasteiger partial charge in [-0.05, 0) is 35.9 Å². The molecule has 0 aromatic heterocycles. The van der Waals surface area contributed by atoms with Crippen molar-refractivity contribution in [3.63, 3.8) is 0 Å². The molecule has 0 aliphatic carbocycles. The predicted octanol–water partition coefficient (Wildman–Crippen LogP) is 1.94. The van der Waals surface area contributed by atoms with Crippen molar-refractivity contribution in [1.82, 2.24) is 9.80 Å². The van der Waals surface area contributed by atoms with E-state index in [0.29, 0.717) is 43.2 Å². The minimum atomic E-state index is -0.136. The van der Waals surface area contributed by atoms with E-state index in [9.17, 15) is 14.7 Å². The van der Waals surface area contributed by atoms with Crippen LogP contribution in [0, 0.1) is 0 Å². The Morgan fingerprint density at radius 1 is 0.929 bits per heavy atom. The zero-order chi connectivity index (χ0) is 20.1. The number of ether oxygens (including phenoxy) is 2. The summed E-state index contributed by atoms with van der Waals surface area (Å²) < 4.78 is 10.5. The summed E-state index contributed by atoms with van der Waals surface area (Å²) in [4.78, 5) is 28.6. The Morgan fingerprint density at radius 2 is 1.61 bits per heavy atom. The average Bonchev–Trinajstić information content (AvgIpc) is 2.73. The van der Waals surface area contributed by atoms with Crippen LogP contribution >= 0.6 is 0 Å². The molecule has 1 heterocycles. The standard InChI is InChI=1S/C21H24N2O5/c1-27-18-7-6-15(12-19(18)28-2)13-20(25)22-8-10-23(11-9-22)21(26)16-4-3-5-17(24)14-16/h3-7,12,14,24H,8-11,13H2,1-2H3. The van der Waals surface area contributed by atoms with Crippen LogP contribution in [0.2, 0.25) is 0 Å². The van der Waals surface area contributed by atoms with E-state index in [-0.39, 0.29) is 24.0 Å². The summed E-state index contributed by atoms with van der Waals surface area (Å²) in [6.45, 7) is 1.89.